The van der Waals surface area contributed by atoms with E-state index in [1.54, 1.807) is 52.9 Å². The fourth-order valence-electron chi connectivity index (χ4n) is 9.21. The molecule has 0 aliphatic carbocycles. The number of primary amides is 1. The molecule has 3 aliphatic rings. The fraction of sp³-hybridized carbons (Fsp3) is 0.460. The number of carbonyl (C=O) groups is 6. The highest BCUT2D eigenvalue weighted by Crippen LogP contribution is 2.40. The van der Waals surface area contributed by atoms with E-state index in [2.05, 4.69) is 20.9 Å². The number of aryl methyl sites for hydroxylation is 2. The van der Waals surface area contributed by atoms with Crippen LogP contribution in [0.3, 0.4) is 0 Å². The van der Waals surface area contributed by atoms with Crippen LogP contribution in [0.5, 0.6) is 0 Å². The summed E-state index contributed by atoms with van der Waals surface area (Å²) in [5, 5.41) is 19.5. The molecular weight excluding hydrogens is 873 g/mol. The smallest absolute Gasteiger partial charge is 0.251 e. The maximum atomic E-state index is 14.2. The standard InChI is InChI=1S/C50H62N8O8S/c1-28-44(67-27-54-28)33-13-9-30(10-14-33)24-53-47(63)40-23-37(59)25-57(40)49(65)45(50(3,4)5)56-46(62)34-15-11-31(12-16-34)26-66-29(2)39(19-20-41(52)60)55-42(61)22-36-21-35-8-6-7-32-17-18-38(51)48(64)58(36)43(32)35/h6-16,27,29,36-40,45,59H,17-26,51H2,1-5H3,(H2,52,60)(H,53,63)(H,55,61)(H,56,62)/t29-,36+,37-,38+,39+,40+,45-/m1/s1. The Bertz CT molecular complexity index is 2470. The Morgan fingerprint density at radius 1 is 0.985 bits per heavy atom. The minimum atomic E-state index is -1.02. The van der Waals surface area contributed by atoms with Crippen LogP contribution in [-0.4, -0.2) is 99.4 Å². The molecule has 0 bridgehead atoms. The zero-order valence-corrected chi connectivity index (χ0v) is 39.6. The van der Waals surface area contributed by atoms with E-state index in [1.165, 1.54) is 4.90 Å². The largest absolute Gasteiger partial charge is 0.391 e. The second-order valence-corrected chi connectivity index (χ2v) is 19.9. The third-order valence-corrected chi connectivity index (χ3v) is 14.0. The van der Waals surface area contributed by atoms with Crippen LogP contribution in [0, 0.1) is 12.3 Å². The first-order valence-corrected chi connectivity index (χ1v) is 23.8. The molecule has 6 amide bonds. The van der Waals surface area contributed by atoms with E-state index < -0.39 is 71.5 Å². The highest BCUT2D eigenvalue weighted by atomic mass is 32.1. The number of amides is 6. The van der Waals surface area contributed by atoms with Crippen molar-refractivity contribution in [1.29, 1.82) is 0 Å². The zero-order valence-electron chi connectivity index (χ0n) is 38.8. The zero-order chi connectivity index (χ0) is 48.2. The fourth-order valence-corrected chi connectivity index (χ4v) is 10.0. The van der Waals surface area contributed by atoms with Crippen LogP contribution in [0.25, 0.3) is 10.4 Å². The summed E-state index contributed by atoms with van der Waals surface area (Å²) in [6.45, 7) is 9.53. The number of hydrogen-bond acceptors (Lipinski definition) is 11. The molecule has 0 spiro atoms. The minimum Gasteiger partial charge on any atom is -0.391 e. The van der Waals surface area contributed by atoms with Gasteiger partial charge in [0.05, 0.1) is 52.7 Å². The first-order chi connectivity index (χ1) is 31.9. The molecule has 3 aromatic carbocycles. The Balaban J connectivity index is 0.934. The van der Waals surface area contributed by atoms with E-state index in [9.17, 15) is 33.9 Å². The molecule has 67 heavy (non-hydrogen) atoms. The SMILES string of the molecule is Cc1ncsc1-c1ccc(CNC(=O)[C@@H]2C[C@@H](O)CN2C(=O)[C@@H](NC(=O)c2ccc(CO[C@H](C)[C@H](CCC(N)=O)NC(=O)C[C@@H]3Cc4cccc5c4N3C(=O)[C@@H](N)CC5)cc2)C(C)(C)C)cc1. The summed E-state index contributed by atoms with van der Waals surface area (Å²) < 4.78 is 6.21. The van der Waals surface area contributed by atoms with Crippen molar-refractivity contribution in [3.8, 4) is 10.4 Å². The van der Waals surface area contributed by atoms with Crippen LogP contribution in [0.4, 0.5) is 5.69 Å². The number of hydrogen-bond donors (Lipinski definition) is 6. The van der Waals surface area contributed by atoms with E-state index in [4.69, 9.17) is 16.2 Å². The van der Waals surface area contributed by atoms with Crippen molar-refractivity contribution in [1.82, 2.24) is 25.8 Å². The van der Waals surface area contributed by atoms with E-state index in [-0.39, 0.29) is 57.2 Å². The Labute approximate surface area is 395 Å². The molecule has 7 atom stereocenters. The van der Waals surface area contributed by atoms with Crippen molar-refractivity contribution < 1.29 is 38.6 Å². The molecule has 17 heteroatoms. The number of β-amino-alcohol motifs (C(OH)–C–C–N with tert-alkyl or cyclic N) is 1. The number of thiazole rings is 1. The Morgan fingerprint density at radius 2 is 1.69 bits per heavy atom. The molecule has 0 unspecified atom stereocenters. The summed E-state index contributed by atoms with van der Waals surface area (Å²) in [4.78, 5) is 88.8. The molecule has 356 valence electrons. The van der Waals surface area contributed by atoms with Gasteiger partial charge >= 0.3 is 0 Å². The van der Waals surface area contributed by atoms with Gasteiger partial charge in [0.2, 0.25) is 29.5 Å². The topological polar surface area (TPSA) is 239 Å². The van der Waals surface area contributed by atoms with Crippen molar-refractivity contribution in [2.24, 2.45) is 16.9 Å². The molecule has 3 aliphatic heterocycles. The monoisotopic (exact) mass is 934 g/mol. The highest BCUT2D eigenvalue weighted by molar-refractivity contribution is 7.13. The van der Waals surface area contributed by atoms with Crippen molar-refractivity contribution >= 4 is 52.5 Å². The number of aromatic nitrogens is 1. The molecule has 8 N–H and O–H groups in total. The van der Waals surface area contributed by atoms with Crippen LogP contribution in [0.2, 0.25) is 0 Å². The van der Waals surface area contributed by atoms with Crippen LogP contribution >= 0.6 is 11.3 Å². The predicted molar refractivity (Wildman–Crippen MR) is 254 cm³/mol. The summed E-state index contributed by atoms with van der Waals surface area (Å²) >= 11 is 1.56. The summed E-state index contributed by atoms with van der Waals surface area (Å²) in [7, 11) is 0. The first kappa shape index (κ1) is 48.9. The van der Waals surface area contributed by atoms with Crippen LogP contribution in [0.15, 0.2) is 72.2 Å². The van der Waals surface area contributed by atoms with Gasteiger partial charge < -0.3 is 47.1 Å². The lowest BCUT2D eigenvalue weighted by atomic mass is 9.85. The lowest BCUT2D eigenvalue weighted by Crippen LogP contribution is -2.57. The molecule has 1 aromatic heterocycles. The number of nitrogens with zero attached hydrogens (tertiary/aromatic N) is 3. The number of ether oxygens (including phenoxy) is 1. The lowest BCUT2D eigenvalue weighted by Gasteiger charge is -2.35. The average Bonchev–Trinajstić information content (AvgIpc) is 4.00. The molecule has 1 saturated heterocycles. The van der Waals surface area contributed by atoms with Crippen molar-refractivity contribution in [3.63, 3.8) is 0 Å². The third-order valence-electron chi connectivity index (χ3n) is 13.0. The quantitative estimate of drug-likeness (QED) is 0.0895. The summed E-state index contributed by atoms with van der Waals surface area (Å²) in [5.41, 5.74) is 19.6. The molecule has 16 nitrogen and oxygen atoms in total. The van der Waals surface area contributed by atoms with Gasteiger partial charge in [-0.3, -0.25) is 28.8 Å². The van der Waals surface area contributed by atoms with Gasteiger partial charge in [-0.1, -0.05) is 75.4 Å². The van der Waals surface area contributed by atoms with Gasteiger partial charge in [-0.15, -0.1) is 11.3 Å². The molecular formula is C50H62N8O8S. The number of benzene rings is 3. The number of nitrogens with two attached hydrogens (primary N) is 2. The number of anilines is 1. The number of aliphatic hydroxyl groups is 1. The Kier molecular flexibility index (Phi) is 15.2. The van der Waals surface area contributed by atoms with Gasteiger partial charge in [-0.05, 0) is 84.9 Å². The van der Waals surface area contributed by atoms with E-state index in [0.29, 0.717) is 24.8 Å². The lowest BCUT2D eigenvalue weighted by molar-refractivity contribution is -0.142. The molecule has 0 saturated carbocycles. The van der Waals surface area contributed by atoms with Crippen LogP contribution in [-0.2, 0) is 54.7 Å². The third kappa shape index (κ3) is 11.6. The molecule has 1 fully saturated rings. The second kappa shape index (κ2) is 20.9. The maximum Gasteiger partial charge on any atom is 0.251 e. The van der Waals surface area contributed by atoms with Crippen molar-refractivity contribution in [3.05, 3.63) is 106 Å². The number of aliphatic hydroxyl groups excluding tert-OH is 1. The van der Waals surface area contributed by atoms with Gasteiger partial charge in [0.1, 0.15) is 12.1 Å². The van der Waals surface area contributed by atoms with E-state index in [0.717, 1.165) is 44.1 Å². The summed E-state index contributed by atoms with van der Waals surface area (Å²) in [6.07, 6.45) is 0.662. The van der Waals surface area contributed by atoms with Crippen molar-refractivity contribution in [2.45, 2.75) is 135 Å². The number of carbonyl (C=O) groups excluding carboxylic acids is 6. The van der Waals surface area contributed by atoms with E-state index in [1.807, 2.05) is 70.2 Å². The van der Waals surface area contributed by atoms with Crippen molar-refractivity contribution in [2.75, 3.05) is 11.4 Å². The molecule has 4 heterocycles. The average molecular weight is 935 g/mol. The number of likely N-dealkylation sites (tertiary alicyclic amines) is 1. The van der Waals surface area contributed by atoms with Gasteiger partial charge in [0.25, 0.3) is 5.91 Å². The molecule has 0 radical (unpaired) electrons. The minimum absolute atomic E-state index is 0.0223. The van der Waals surface area contributed by atoms with E-state index >= 15 is 0 Å². The van der Waals surface area contributed by atoms with Gasteiger partial charge in [0.15, 0.2) is 0 Å². The van der Waals surface area contributed by atoms with Gasteiger partial charge in [-0.25, -0.2) is 4.98 Å². The maximum absolute atomic E-state index is 14.2. The normalized spacial score (nSPS) is 20.4. The Morgan fingerprint density at radius 3 is 2.36 bits per heavy atom. The molecule has 4 aromatic rings. The number of nitrogens with one attached hydrogen (secondary N) is 3. The highest BCUT2D eigenvalue weighted by Gasteiger charge is 2.45. The number of rotatable bonds is 17. The number of para-hydroxylation sites is 1. The summed E-state index contributed by atoms with van der Waals surface area (Å²) in [6, 6.07) is 16.9. The van der Waals surface area contributed by atoms with Crippen LogP contribution < -0.4 is 32.3 Å². The first-order valence-electron chi connectivity index (χ1n) is 22.9. The van der Waals surface area contributed by atoms with Crippen LogP contribution in [0.1, 0.15) is 98.1 Å². The summed E-state index contributed by atoms with van der Waals surface area (Å²) in [5.74, 6) is -2.36. The van der Waals surface area contributed by atoms with Gasteiger partial charge in [-0.2, -0.15) is 0 Å². The molecule has 7 rings (SSSR count). The predicted octanol–water partition coefficient (Wildman–Crippen LogP) is 3.82. The second-order valence-electron chi connectivity index (χ2n) is 19.1. The van der Waals surface area contributed by atoms with Gasteiger partial charge in [0, 0.05) is 44.0 Å². The Hall–Kier alpha value is -6.01.